The highest BCUT2D eigenvalue weighted by molar-refractivity contribution is 14.1. The van der Waals surface area contributed by atoms with E-state index in [1.54, 1.807) is 24.3 Å². The highest BCUT2D eigenvalue weighted by Gasteiger charge is 2.12. The van der Waals surface area contributed by atoms with Gasteiger partial charge in [0.2, 0.25) is 0 Å². The normalized spacial score (nSPS) is 10.7. The Hall–Kier alpha value is -2.29. The molecule has 0 aromatic heterocycles. The molecular formula is C16H14INO5. The van der Waals surface area contributed by atoms with Gasteiger partial charge in [-0.1, -0.05) is 17.3 Å². The molecule has 0 saturated carbocycles. The van der Waals surface area contributed by atoms with Crippen molar-refractivity contribution in [1.29, 1.82) is 0 Å². The van der Waals surface area contributed by atoms with Crippen molar-refractivity contribution >= 4 is 34.8 Å². The van der Waals surface area contributed by atoms with Gasteiger partial charge in [0, 0.05) is 5.56 Å². The average molecular weight is 427 g/mol. The Morgan fingerprint density at radius 3 is 2.57 bits per heavy atom. The van der Waals surface area contributed by atoms with Gasteiger partial charge in [-0.05, 0) is 52.4 Å². The molecule has 6 nitrogen and oxygen atoms in total. The van der Waals surface area contributed by atoms with Crippen LogP contribution in [0.1, 0.15) is 21.5 Å². The molecule has 0 heterocycles. The fourth-order valence-electron chi connectivity index (χ4n) is 1.92. The number of carboxylic acid groups (broad SMARTS) is 1. The Morgan fingerprint density at radius 1 is 1.30 bits per heavy atom. The number of ether oxygens (including phenoxy) is 2. The number of hydrogen-bond donors (Lipinski definition) is 2. The van der Waals surface area contributed by atoms with Crippen molar-refractivity contribution in [2.75, 3.05) is 7.11 Å². The van der Waals surface area contributed by atoms with E-state index in [1.165, 1.54) is 25.5 Å². The second kappa shape index (κ2) is 7.82. The molecular weight excluding hydrogens is 413 g/mol. The summed E-state index contributed by atoms with van der Waals surface area (Å²) in [5, 5.41) is 20.5. The molecule has 0 spiro atoms. The first-order valence-corrected chi connectivity index (χ1v) is 7.63. The Labute approximate surface area is 146 Å². The van der Waals surface area contributed by atoms with Crippen LogP contribution in [0.25, 0.3) is 0 Å². The molecule has 0 radical (unpaired) electrons. The van der Waals surface area contributed by atoms with Crippen molar-refractivity contribution in [2.45, 2.75) is 6.61 Å². The van der Waals surface area contributed by atoms with Crippen molar-refractivity contribution in [3.63, 3.8) is 0 Å². The molecule has 2 N–H and O–H groups in total. The minimum absolute atomic E-state index is 0.230. The number of oxime groups is 1. The fourth-order valence-corrected chi connectivity index (χ4v) is 2.70. The summed E-state index contributed by atoms with van der Waals surface area (Å²) in [5.74, 6) is 0.134. The number of methoxy groups -OCH3 is 1. The molecule has 0 unspecified atom stereocenters. The van der Waals surface area contributed by atoms with Crippen molar-refractivity contribution < 1.29 is 24.6 Å². The summed E-state index contributed by atoms with van der Waals surface area (Å²) in [4.78, 5) is 10.8. The lowest BCUT2D eigenvalue weighted by molar-refractivity contribution is 0.0697. The van der Waals surface area contributed by atoms with Crippen molar-refractivity contribution in [3.8, 4) is 11.5 Å². The molecule has 0 aliphatic heterocycles. The number of hydrogen-bond acceptors (Lipinski definition) is 5. The Bertz CT molecular complexity index is 728. The fraction of sp³-hybridized carbons (Fsp3) is 0.125. The van der Waals surface area contributed by atoms with Crippen molar-refractivity contribution in [1.82, 2.24) is 0 Å². The molecule has 2 aromatic carbocycles. The van der Waals surface area contributed by atoms with Crippen LogP contribution in [0.4, 0.5) is 0 Å². The predicted molar refractivity (Wildman–Crippen MR) is 92.8 cm³/mol. The van der Waals surface area contributed by atoms with Crippen LogP contribution in [0, 0.1) is 3.57 Å². The number of halogens is 1. The number of carbonyl (C=O) groups is 1. The maximum Gasteiger partial charge on any atom is 0.335 e. The van der Waals surface area contributed by atoms with Crippen LogP contribution in [0.2, 0.25) is 0 Å². The van der Waals surface area contributed by atoms with Gasteiger partial charge in [-0.15, -0.1) is 0 Å². The Kier molecular flexibility index (Phi) is 5.80. The average Bonchev–Trinajstić information content (AvgIpc) is 2.54. The lowest BCUT2D eigenvalue weighted by Gasteiger charge is -2.13. The second-order valence-corrected chi connectivity index (χ2v) is 5.73. The zero-order chi connectivity index (χ0) is 16.8. The summed E-state index contributed by atoms with van der Waals surface area (Å²) in [6.07, 6.45) is 1.30. The molecule has 0 bridgehead atoms. The Morgan fingerprint density at radius 2 is 2.00 bits per heavy atom. The number of carboxylic acids is 1. The zero-order valence-corrected chi connectivity index (χ0v) is 14.4. The van der Waals surface area contributed by atoms with E-state index in [4.69, 9.17) is 19.8 Å². The molecule has 2 rings (SSSR count). The third-order valence-electron chi connectivity index (χ3n) is 3.04. The minimum atomic E-state index is -0.963. The van der Waals surface area contributed by atoms with Gasteiger partial charge in [0.15, 0.2) is 11.5 Å². The number of rotatable bonds is 6. The molecule has 0 saturated heterocycles. The Balaban J connectivity index is 2.18. The third kappa shape index (κ3) is 4.35. The predicted octanol–water partition coefficient (Wildman–Crippen LogP) is 3.39. The van der Waals surface area contributed by atoms with Crippen LogP contribution in [-0.4, -0.2) is 29.6 Å². The van der Waals surface area contributed by atoms with E-state index in [9.17, 15) is 4.79 Å². The zero-order valence-electron chi connectivity index (χ0n) is 12.2. The summed E-state index contributed by atoms with van der Waals surface area (Å²) < 4.78 is 11.9. The monoisotopic (exact) mass is 427 g/mol. The quantitative estimate of drug-likeness (QED) is 0.320. The summed E-state index contributed by atoms with van der Waals surface area (Å²) >= 11 is 2.11. The van der Waals surface area contributed by atoms with Crippen LogP contribution in [0.3, 0.4) is 0 Å². The molecule has 0 aliphatic rings. The molecule has 0 amide bonds. The van der Waals surface area contributed by atoms with Crippen LogP contribution in [0.15, 0.2) is 41.6 Å². The van der Waals surface area contributed by atoms with Gasteiger partial charge >= 0.3 is 5.97 Å². The summed E-state index contributed by atoms with van der Waals surface area (Å²) in [6, 6.07) is 9.97. The molecule has 0 atom stereocenters. The van der Waals surface area contributed by atoms with Gasteiger partial charge in [-0.2, -0.15) is 0 Å². The summed E-state index contributed by atoms with van der Waals surface area (Å²) in [6.45, 7) is 0.277. The first-order chi connectivity index (χ1) is 11.0. The van der Waals surface area contributed by atoms with Crippen molar-refractivity contribution in [2.24, 2.45) is 5.16 Å². The van der Waals surface area contributed by atoms with Crippen LogP contribution in [-0.2, 0) is 6.61 Å². The van der Waals surface area contributed by atoms with Gasteiger partial charge in [0.05, 0.1) is 22.5 Å². The molecule has 7 heteroatoms. The van der Waals surface area contributed by atoms with Gasteiger partial charge in [0.1, 0.15) is 6.61 Å². The standard InChI is InChI=1S/C16H14INO5/c1-22-14-7-11(8-18-21)6-13(17)15(14)23-9-10-2-4-12(5-3-10)16(19)20/h2-8,21H,9H2,1H3,(H,19,20)/b18-8-. The molecule has 0 fully saturated rings. The first-order valence-electron chi connectivity index (χ1n) is 6.55. The lowest BCUT2D eigenvalue weighted by Crippen LogP contribution is -2.02. The largest absolute Gasteiger partial charge is 0.493 e. The highest BCUT2D eigenvalue weighted by Crippen LogP contribution is 2.34. The van der Waals surface area contributed by atoms with Crippen LogP contribution < -0.4 is 9.47 Å². The second-order valence-electron chi connectivity index (χ2n) is 4.57. The number of benzene rings is 2. The number of nitrogens with zero attached hydrogens (tertiary/aromatic N) is 1. The molecule has 120 valence electrons. The van der Waals surface area contributed by atoms with E-state index in [2.05, 4.69) is 27.7 Å². The molecule has 23 heavy (non-hydrogen) atoms. The van der Waals surface area contributed by atoms with Gasteiger partial charge in [0.25, 0.3) is 0 Å². The SMILES string of the molecule is COc1cc(/C=N\O)cc(I)c1OCc1ccc(C(=O)O)cc1. The van der Waals surface area contributed by atoms with Crippen LogP contribution in [0.5, 0.6) is 11.5 Å². The maximum absolute atomic E-state index is 10.8. The highest BCUT2D eigenvalue weighted by atomic mass is 127. The first kappa shape index (κ1) is 17.1. The minimum Gasteiger partial charge on any atom is -0.493 e. The van der Waals surface area contributed by atoms with Gasteiger partial charge < -0.3 is 19.8 Å². The van der Waals surface area contributed by atoms with E-state index in [0.29, 0.717) is 17.1 Å². The summed E-state index contributed by atoms with van der Waals surface area (Å²) in [7, 11) is 1.53. The maximum atomic E-state index is 10.8. The van der Waals surface area contributed by atoms with Gasteiger partial charge in [-0.3, -0.25) is 0 Å². The smallest absolute Gasteiger partial charge is 0.335 e. The topological polar surface area (TPSA) is 88.4 Å². The van der Waals surface area contributed by atoms with E-state index in [-0.39, 0.29) is 12.2 Å². The van der Waals surface area contributed by atoms with E-state index < -0.39 is 5.97 Å². The summed E-state index contributed by atoms with van der Waals surface area (Å²) in [5.41, 5.74) is 1.76. The van der Waals surface area contributed by atoms with E-state index in [0.717, 1.165) is 9.13 Å². The van der Waals surface area contributed by atoms with Crippen LogP contribution >= 0.6 is 22.6 Å². The third-order valence-corrected chi connectivity index (χ3v) is 3.84. The number of aromatic carboxylic acids is 1. The van der Waals surface area contributed by atoms with Crippen molar-refractivity contribution in [3.05, 3.63) is 56.7 Å². The lowest BCUT2D eigenvalue weighted by atomic mass is 10.1. The molecule has 2 aromatic rings. The van der Waals surface area contributed by atoms with Gasteiger partial charge in [-0.25, -0.2) is 4.79 Å². The van der Waals surface area contributed by atoms with E-state index in [1.807, 2.05) is 0 Å². The van der Waals surface area contributed by atoms with E-state index >= 15 is 0 Å². The molecule has 0 aliphatic carbocycles.